The summed E-state index contributed by atoms with van der Waals surface area (Å²) in [6.45, 7) is 5.89. The summed E-state index contributed by atoms with van der Waals surface area (Å²) in [5.74, 6) is -2.09. The molecule has 0 aliphatic carbocycles. The van der Waals surface area contributed by atoms with E-state index in [2.05, 4.69) is 0 Å². The van der Waals surface area contributed by atoms with Crippen LogP contribution in [0.1, 0.15) is 50.8 Å². The van der Waals surface area contributed by atoms with Crippen molar-refractivity contribution in [2.45, 2.75) is 58.0 Å². The van der Waals surface area contributed by atoms with Crippen molar-refractivity contribution in [1.29, 1.82) is 0 Å². The number of amides is 2. The second-order valence-electron chi connectivity index (χ2n) is 11.5. The van der Waals surface area contributed by atoms with E-state index in [0.717, 1.165) is 6.07 Å². The van der Waals surface area contributed by atoms with E-state index in [1.54, 1.807) is 17.0 Å². The number of benzene rings is 2. The summed E-state index contributed by atoms with van der Waals surface area (Å²) in [7, 11) is 1.39. The van der Waals surface area contributed by atoms with E-state index in [1.165, 1.54) is 55.4 Å². The zero-order valence-corrected chi connectivity index (χ0v) is 26.4. The van der Waals surface area contributed by atoms with Crippen LogP contribution < -0.4 is 0 Å². The van der Waals surface area contributed by atoms with E-state index in [-0.39, 0.29) is 61.5 Å². The van der Waals surface area contributed by atoms with Gasteiger partial charge in [-0.1, -0.05) is 43.6 Å². The Morgan fingerprint density at radius 2 is 1.82 bits per heavy atom. The van der Waals surface area contributed by atoms with E-state index >= 15 is 0 Å². The summed E-state index contributed by atoms with van der Waals surface area (Å²) in [6.07, 6.45) is 0.474. The highest BCUT2D eigenvalue weighted by atomic mass is 35.5. The maximum atomic E-state index is 14.7. The second kappa shape index (κ2) is 17.0. The van der Waals surface area contributed by atoms with Gasteiger partial charge < -0.3 is 29.5 Å². The SMILES string of the molecule is CO[C@@H]1CN(C(C)=O)C[C@H](C(C)C)[C@@H](c2cccc(F)c2)N(C(=O)/C=C/c2ccc(F)cc2Cl)CCCCOC[C@@H](O)[C@H]1O. The third-order valence-corrected chi connectivity index (χ3v) is 8.35. The second-order valence-corrected chi connectivity index (χ2v) is 11.9. The molecule has 3 rings (SSSR count). The van der Waals surface area contributed by atoms with Gasteiger partial charge in [-0.25, -0.2) is 8.78 Å². The average molecular weight is 637 g/mol. The van der Waals surface area contributed by atoms with Crippen LogP contribution in [0.4, 0.5) is 8.78 Å². The third-order valence-electron chi connectivity index (χ3n) is 8.02. The summed E-state index contributed by atoms with van der Waals surface area (Å²) in [6, 6.07) is 9.31. The van der Waals surface area contributed by atoms with Crippen molar-refractivity contribution in [3.8, 4) is 0 Å². The first kappa shape index (κ1) is 35.6. The van der Waals surface area contributed by atoms with E-state index in [4.69, 9.17) is 21.1 Å². The Kier molecular flexibility index (Phi) is 13.7. The fourth-order valence-electron chi connectivity index (χ4n) is 5.47. The van der Waals surface area contributed by atoms with Gasteiger partial charge in [0.25, 0.3) is 0 Å². The maximum absolute atomic E-state index is 14.7. The number of halogens is 3. The normalized spacial score (nSPS) is 24.7. The van der Waals surface area contributed by atoms with Crippen molar-refractivity contribution in [2.75, 3.05) is 40.0 Å². The lowest BCUT2D eigenvalue weighted by Crippen LogP contribution is -2.51. The molecule has 44 heavy (non-hydrogen) atoms. The Hall–Kier alpha value is -2.89. The van der Waals surface area contributed by atoms with Crippen LogP contribution in [-0.4, -0.2) is 90.1 Å². The molecule has 2 aromatic carbocycles. The van der Waals surface area contributed by atoms with Gasteiger partial charge in [-0.3, -0.25) is 9.59 Å². The summed E-state index contributed by atoms with van der Waals surface area (Å²) < 4.78 is 39.4. The molecule has 0 saturated carbocycles. The van der Waals surface area contributed by atoms with Gasteiger partial charge in [-0.2, -0.15) is 0 Å². The molecule has 11 heteroatoms. The minimum atomic E-state index is -1.31. The summed E-state index contributed by atoms with van der Waals surface area (Å²) >= 11 is 6.20. The highest BCUT2D eigenvalue weighted by molar-refractivity contribution is 6.32. The number of ether oxygens (including phenoxy) is 2. The van der Waals surface area contributed by atoms with E-state index in [0.29, 0.717) is 24.0 Å². The molecule has 2 amide bonds. The summed E-state index contributed by atoms with van der Waals surface area (Å²) in [4.78, 5) is 30.2. The first-order valence-electron chi connectivity index (χ1n) is 14.8. The van der Waals surface area contributed by atoms with Gasteiger partial charge in [0.05, 0.1) is 17.7 Å². The quantitative estimate of drug-likeness (QED) is 0.455. The molecule has 1 aliphatic rings. The number of methoxy groups -OCH3 is 1. The molecule has 0 bridgehead atoms. The van der Waals surface area contributed by atoms with E-state index in [9.17, 15) is 28.6 Å². The Morgan fingerprint density at radius 1 is 1.09 bits per heavy atom. The predicted molar refractivity (Wildman–Crippen MR) is 165 cm³/mol. The molecule has 242 valence electrons. The predicted octanol–water partition coefficient (Wildman–Crippen LogP) is 4.87. The Morgan fingerprint density at radius 3 is 2.45 bits per heavy atom. The van der Waals surface area contributed by atoms with Crippen LogP contribution in [0.3, 0.4) is 0 Å². The molecule has 2 N–H and O–H groups in total. The molecular formula is C33H43ClF2N2O6. The Labute approximate surface area is 263 Å². The number of carbonyl (C=O) groups excluding carboxylic acids is 2. The molecule has 0 unspecified atom stereocenters. The molecule has 1 heterocycles. The van der Waals surface area contributed by atoms with Gasteiger partial charge in [0.2, 0.25) is 11.8 Å². The topological polar surface area (TPSA) is 99.5 Å². The van der Waals surface area contributed by atoms with Crippen molar-refractivity contribution in [3.63, 3.8) is 0 Å². The maximum Gasteiger partial charge on any atom is 0.247 e. The number of hydrogen-bond donors (Lipinski definition) is 2. The minimum Gasteiger partial charge on any atom is -0.388 e. The van der Waals surface area contributed by atoms with Crippen LogP contribution in [0.2, 0.25) is 5.02 Å². The average Bonchev–Trinajstić information content (AvgIpc) is 2.97. The first-order chi connectivity index (χ1) is 20.9. The highest BCUT2D eigenvalue weighted by Gasteiger charge is 2.37. The van der Waals surface area contributed by atoms with Crippen molar-refractivity contribution < 1.29 is 38.1 Å². The van der Waals surface area contributed by atoms with E-state index in [1.807, 2.05) is 13.8 Å². The number of aliphatic hydroxyl groups is 2. The lowest BCUT2D eigenvalue weighted by molar-refractivity contribution is -0.138. The number of carbonyl (C=O) groups is 2. The van der Waals surface area contributed by atoms with Gasteiger partial charge in [0.15, 0.2) is 0 Å². The van der Waals surface area contributed by atoms with Crippen molar-refractivity contribution in [1.82, 2.24) is 9.80 Å². The van der Waals surface area contributed by atoms with Crippen LogP contribution in [0, 0.1) is 23.5 Å². The highest BCUT2D eigenvalue weighted by Crippen LogP contribution is 2.36. The van der Waals surface area contributed by atoms with E-state index < -0.39 is 36.0 Å². The zero-order valence-electron chi connectivity index (χ0n) is 25.7. The fourth-order valence-corrected chi connectivity index (χ4v) is 5.70. The standard InChI is InChI=1S/C33H43ClF2N2O6/c1-21(2)27-18-37(22(3)39)19-30(43-4)33(42)29(40)20-44-15-6-5-14-38(32(27)24-8-7-9-25(35)16-24)31(41)13-11-23-10-12-26(36)17-28(23)34/h7-13,16-17,21,27,29-30,32-33,40,42H,5-6,14-15,18-20H2,1-4H3/b13-11+/t27-,29-,30-,32-,33-/m1/s1. The largest absolute Gasteiger partial charge is 0.388 e. The number of aliphatic hydroxyl groups excluding tert-OH is 2. The molecule has 1 saturated heterocycles. The molecule has 8 nitrogen and oxygen atoms in total. The van der Waals surface area contributed by atoms with Gasteiger partial charge in [0.1, 0.15) is 29.9 Å². The molecule has 1 fully saturated rings. The van der Waals surface area contributed by atoms with Crippen LogP contribution in [0.15, 0.2) is 48.5 Å². The Balaban J connectivity index is 2.12. The Bertz CT molecular complexity index is 1280. The first-order valence-corrected chi connectivity index (χ1v) is 15.2. The van der Waals surface area contributed by atoms with Gasteiger partial charge >= 0.3 is 0 Å². The van der Waals surface area contributed by atoms with Gasteiger partial charge in [-0.15, -0.1) is 0 Å². The summed E-state index contributed by atoms with van der Waals surface area (Å²) in [5.41, 5.74) is 1.02. The summed E-state index contributed by atoms with van der Waals surface area (Å²) in [5, 5.41) is 21.5. The monoisotopic (exact) mass is 636 g/mol. The number of rotatable bonds is 5. The van der Waals surface area contributed by atoms with Crippen LogP contribution in [-0.2, 0) is 19.1 Å². The van der Waals surface area contributed by atoms with Crippen LogP contribution in [0.25, 0.3) is 6.08 Å². The van der Waals surface area contributed by atoms with Crippen molar-refractivity contribution in [2.24, 2.45) is 11.8 Å². The minimum absolute atomic E-state index is 0.0277. The molecule has 0 aromatic heterocycles. The van der Waals surface area contributed by atoms with Crippen molar-refractivity contribution in [3.05, 3.63) is 76.3 Å². The molecule has 1 aliphatic heterocycles. The third kappa shape index (κ3) is 9.81. The fraction of sp³-hybridized carbons (Fsp3) is 0.515. The molecule has 0 spiro atoms. The smallest absolute Gasteiger partial charge is 0.247 e. The molecule has 5 atom stereocenters. The van der Waals surface area contributed by atoms with Gasteiger partial charge in [-0.05, 0) is 60.2 Å². The molecule has 0 radical (unpaired) electrons. The van der Waals surface area contributed by atoms with Crippen molar-refractivity contribution >= 4 is 29.5 Å². The lowest BCUT2D eigenvalue weighted by Gasteiger charge is -2.42. The van der Waals surface area contributed by atoms with Crippen LogP contribution >= 0.6 is 11.6 Å². The number of hydrogen-bond acceptors (Lipinski definition) is 6. The number of nitrogens with zero attached hydrogens (tertiary/aromatic N) is 2. The lowest BCUT2D eigenvalue weighted by atomic mass is 9.82. The van der Waals surface area contributed by atoms with Gasteiger partial charge in [0, 0.05) is 52.3 Å². The zero-order chi connectivity index (χ0) is 32.4. The molecular weight excluding hydrogens is 594 g/mol. The van der Waals surface area contributed by atoms with Crippen LogP contribution in [0.5, 0.6) is 0 Å². The molecule has 2 aromatic rings.